The molecule has 10 nitrogen and oxygen atoms in total. The van der Waals surface area contributed by atoms with E-state index in [-0.39, 0.29) is 18.2 Å². The molecule has 176 valence electrons. The molecule has 2 amide bonds. The zero-order valence-electron chi connectivity index (χ0n) is 19.1. The first-order valence-electron chi connectivity index (χ1n) is 11.9. The Bertz CT molecular complexity index is 1410. The summed E-state index contributed by atoms with van der Waals surface area (Å²) >= 11 is 0. The van der Waals surface area contributed by atoms with Gasteiger partial charge in [0.05, 0.1) is 24.3 Å². The van der Waals surface area contributed by atoms with Crippen molar-refractivity contribution in [3.63, 3.8) is 0 Å². The molecule has 4 heterocycles. The van der Waals surface area contributed by atoms with E-state index >= 15 is 0 Å². The van der Waals surface area contributed by atoms with Crippen LogP contribution in [0.3, 0.4) is 0 Å². The number of hydrogen-bond acceptors (Lipinski definition) is 8. The highest BCUT2D eigenvalue weighted by molar-refractivity contribution is 6.15. The van der Waals surface area contributed by atoms with Gasteiger partial charge in [-0.3, -0.25) is 14.9 Å². The number of nitrogens with one attached hydrogen (secondary N) is 2. The monoisotopic (exact) mass is 468 g/mol. The molecule has 0 unspecified atom stereocenters. The lowest BCUT2D eigenvalue weighted by molar-refractivity contribution is -0.124. The summed E-state index contributed by atoms with van der Waals surface area (Å²) in [7, 11) is 0. The number of nitriles is 1. The lowest BCUT2D eigenvalue weighted by Crippen LogP contribution is -2.34. The van der Waals surface area contributed by atoms with Gasteiger partial charge in [-0.15, -0.1) is 0 Å². The number of piperidine rings is 1. The zero-order valence-corrected chi connectivity index (χ0v) is 19.1. The molecule has 10 heteroatoms. The van der Waals surface area contributed by atoms with E-state index in [2.05, 4.69) is 32.8 Å². The number of nitrogens with zero attached hydrogens (tertiary/aromatic N) is 6. The number of aromatic nitrogens is 4. The predicted octanol–water partition coefficient (Wildman–Crippen LogP) is 2.38. The van der Waals surface area contributed by atoms with Gasteiger partial charge in [0.15, 0.2) is 5.65 Å². The average Bonchev–Trinajstić information content (AvgIpc) is 3.52. The van der Waals surface area contributed by atoms with Gasteiger partial charge in [-0.25, -0.2) is 0 Å². The minimum Gasteiger partial charge on any atom is -0.351 e. The number of benzene rings is 1. The largest absolute Gasteiger partial charge is 0.351 e. The van der Waals surface area contributed by atoms with E-state index in [1.807, 2.05) is 18.2 Å². The highest BCUT2D eigenvalue weighted by Gasteiger charge is 2.28. The molecule has 0 atom stereocenters. The average molecular weight is 469 g/mol. The van der Waals surface area contributed by atoms with Gasteiger partial charge in [0, 0.05) is 30.3 Å². The molecular weight excluding hydrogens is 444 g/mol. The van der Waals surface area contributed by atoms with Crippen molar-refractivity contribution in [2.45, 2.75) is 44.1 Å². The third-order valence-corrected chi connectivity index (χ3v) is 6.78. The molecule has 2 aliphatic heterocycles. The van der Waals surface area contributed by atoms with Crippen molar-refractivity contribution in [3.05, 3.63) is 52.7 Å². The molecule has 3 aromatic rings. The maximum atomic E-state index is 12.1. The Labute approximate surface area is 201 Å². The van der Waals surface area contributed by atoms with E-state index in [0.29, 0.717) is 46.2 Å². The minimum atomic E-state index is -0.373. The van der Waals surface area contributed by atoms with E-state index in [9.17, 15) is 14.9 Å². The summed E-state index contributed by atoms with van der Waals surface area (Å²) in [6.45, 7) is 1.59. The first kappa shape index (κ1) is 21.3. The molecule has 1 aromatic carbocycles. The molecule has 0 radical (unpaired) electrons. The van der Waals surface area contributed by atoms with Gasteiger partial charge in [-0.1, -0.05) is 12.1 Å². The normalized spacial score (nSPS) is 19.9. The van der Waals surface area contributed by atoms with Gasteiger partial charge in [-0.05, 0) is 55.4 Å². The van der Waals surface area contributed by atoms with Crippen molar-refractivity contribution in [2.75, 3.05) is 23.3 Å². The van der Waals surface area contributed by atoms with Gasteiger partial charge in [0.1, 0.15) is 0 Å². The Morgan fingerprint density at radius 2 is 1.97 bits per heavy atom. The van der Waals surface area contributed by atoms with Crippen molar-refractivity contribution < 1.29 is 9.59 Å². The number of carbonyl (C=O) groups excluding carboxylic acids is 2. The lowest BCUT2D eigenvalue weighted by Gasteiger charge is -2.32. The Balaban J connectivity index is 1.30. The van der Waals surface area contributed by atoms with Crippen LogP contribution >= 0.6 is 0 Å². The molecule has 35 heavy (non-hydrogen) atoms. The van der Waals surface area contributed by atoms with Crippen LogP contribution in [0.1, 0.15) is 54.7 Å². The summed E-state index contributed by atoms with van der Waals surface area (Å²) in [5, 5.41) is 19.4. The summed E-state index contributed by atoms with van der Waals surface area (Å²) in [5.74, 6) is 0.973. The summed E-state index contributed by atoms with van der Waals surface area (Å²) in [6, 6.07) is 10.5. The molecule has 1 saturated carbocycles. The van der Waals surface area contributed by atoms with Gasteiger partial charge >= 0.3 is 0 Å². The minimum absolute atomic E-state index is 0.0574. The predicted molar refractivity (Wildman–Crippen MR) is 129 cm³/mol. The maximum absolute atomic E-state index is 12.1. The Kier molecular flexibility index (Phi) is 5.17. The maximum Gasteiger partial charge on any atom is 0.254 e. The van der Waals surface area contributed by atoms with E-state index in [1.54, 1.807) is 16.8 Å². The first-order valence-corrected chi connectivity index (χ1v) is 11.9. The molecule has 1 aliphatic carbocycles. The smallest absolute Gasteiger partial charge is 0.254 e. The van der Waals surface area contributed by atoms with Crippen LogP contribution < -0.4 is 15.5 Å². The molecule has 6 rings (SSSR count). The van der Waals surface area contributed by atoms with Crippen LogP contribution in [0.15, 0.2) is 36.0 Å². The Morgan fingerprint density at radius 3 is 2.69 bits per heavy atom. The van der Waals surface area contributed by atoms with Crippen LogP contribution in [0.2, 0.25) is 0 Å². The highest BCUT2D eigenvalue weighted by atomic mass is 16.2. The van der Waals surface area contributed by atoms with Crippen LogP contribution in [0, 0.1) is 11.3 Å². The van der Waals surface area contributed by atoms with E-state index < -0.39 is 0 Å². The van der Waals surface area contributed by atoms with Crippen molar-refractivity contribution in [1.82, 2.24) is 24.9 Å². The van der Waals surface area contributed by atoms with E-state index in [1.165, 1.54) is 5.56 Å². The zero-order chi connectivity index (χ0) is 23.9. The quantitative estimate of drug-likeness (QED) is 0.431. The SMILES string of the molecule is N#Cc1cccc(C2CCN(c3nc(NC4CC4)n4ncc(/C=C5\CC(=O)NC5=O)c4n3)CC2)c1. The fraction of sp³-hybridized carbons (Fsp3) is 0.360. The van der Waals surface area contributed by atoms with Gasteiger partial charge in [-0.2, -0.15) is 24.8 Å². The number of imide groups is 1. The van der Waals surface area contributed by atoms with Gasteiger partial charge in [0.2, 0.25) is 17.8 Å². The molecule has 2 aromatic heterocycles. The summed E-state index contributed by atoms with van der Waals surface area (Å²) < 4.78 is 1.67. The summed E-state index contributed by atoms with van der Waals surface area (Å²) in [5.41, 5.74) is 3.57. The molecule has 3 fully saturated rings. The summed E-state index contributed by atoms with van der Waals surface area (Å²) in [4.78, 5) is 35.5. The second kappa shape index (κ2) is 8.51. The van der Waals surface area contributed by atoms with E-state index in [4.69, 9.17) is 9.97 Å². The number of fused-ring (bicyclic) bond motifs is 1. The molecule has 2 N–H and O–H groups in total. The van der Waals surface area contributed by atoms with E-state index in [0.717, 1.165) is 38.8 Å². The van der Waals surface area contributed by atoms with Crippen molar-refractivity contribution in [1.29, 1.82) is 5.26 Å². The standard InChI is InChI=1S/C25H24N8O2/c26-13-15-2-1-3-17(10-15)16-6-8-32(9-7-16)24-30-22-19(11-18-12-21(34)29-23(18)35)14-27-33(22)25(31-24)28-20-4-5-20/h1-3,10-11,14,16,20H,4-9,12H2,(H,28,30,31)(H,29,34,35)/b18-11+. The second-order valence-corrected chi connectivity index (χ2v) is 9.32. The van der Waals surface area contributed by atoms with Gasteiger partial charge < -0.3 is 10.2 Å². The number of hydrogen-bond donors (Lipinski definition) is 2. The van der Waals surface area contributed by atoms with Crippen LogP contribution in [0.4, 0.5) is 11.9 Å². The number of anilines is 2. The third-order valence-electron chi connectivity index (χ3n) is 6.78. The second-order valence-electron chi connectivity index (χ2n) is 9.32. The molecule has 2 saturated heterocycles. The first-order chi connectivity index (χ1) is 17.1. The van der Waals surface area contributed by atoms with Crippen LogP contribution in [-0.2, 0) is 9.59 Å². The number of amides is 2. The third kappa shape index (κ3) is 4.21. The van der Waals surface area contributed by atoms with Crippen molar-refractivity contribution >= 4 is 35.4 Å². The summed E-state index contributed by atoms with van der Waals surface area (Å²) in [6.07, 6.45) is 7.46. The van der Waals surface area contributed by atoms with Crippen LogP contribution in [-0.4, -0.2) is 50.5 Å². The molecule has 0 bridgehead atoms. The number of rotatable bonds is 5. The van der Waals surface area contributed by atoms with Crippen molar-refractivity contribution in [2.24, 2.45) is 0 Å². The fourth-order valence-electron chi connectivity index (χ4n) is 4.71. The fourth-order valence-corrected chi connectivity index (χ4v) is 4.71. The van der Waals surface area contributed by atoms with Crippen LogP contribution in [0.25, 0.3) is 11.7 Å². The Morgan fingerprint density at radius 1 is 1.14 bits per heavy atom. The van der Waals surface area contributed by atoms with Gasteiger partial charge in [0.25, 0.3) is 5.91 Å². The number of carbonyl (C=O) groups is 2. The lowest BCUT2D eigenvalue weighted by atomic mass is 9.89. The van der Waals surface area contributed by atoms with Crippen LogP contribution in [0.5, 0.6) is 0 Å². The Hall–Kier alpha value is -4.26. The molecular formula is C25H24N8O2. The molecule has 3 aliphatic rings. The topological polar surface area (TPSA) is 128 Å². The van der Waals surface area contributed by atoms with Crippen molar-refractivity contribution in [3.8, 4) is 6.07 Å². The highest BCUT2D eigenvalue weighted by Crippen LogP contribution is 2.32. The molecule has 0 spiro atoms.